The number of fused-ring (bicyclic) bond motifs is 1. The second-order valence-electron chi connectivity index (χ2n) is 7.85. The molecule has 0 unspecified atom stereocenters. The lowest BCUT2D eigenvalue weighted by molar-refractivity contribution is -0.0829. The van der Waals surface area contributed by atoms with Crippen molar-refractivity contribution < 1.29 is 9.63 Å². The van der Waals surface area contributed by atoms with Crippen molar-refractivity contribution in [3.8, 4) is 17.2 Å². The molecule has 2 aromatic heterocycles. The van der Waals surface area contributed by atoms with E-state index in [1.54, 1.807) is 16.6 Å². The molecule has 9 nitrogen and oxygen atoms in total. The van der Waals surface area contributed by atoms with Crippen molar-refractivity contribution in [2.75, 3.05) is 17.7 Å². The average molecular weight is 439 g/mol. The van der Waals surface area contributed by atoms with Crippen LogP contribution in [0.2, 0.25) is 0 Å². The Hall–Kier alpha value is -4.42. The molecular formula is C24H21N7O2. The van der Waals surface area contributed by atoms with E-state index in [2.05, 4.69) is 21.5 Å². The summed E-state index contributed by atoms with van der Waals surface area (Å²) in [4.78, 5) is 22.9. The van der Waals surface area contributed by atoms with Crippen molar-refractivity contribution >= 4 is 23.3 Å². The number of nitrogens with two attached hydrogens (primary N) is 1. The number of benzene rings is 2. The maximum absolute atomic E-state index is 13.1. The van der Waals surface area contributed by atoms with Crippen LogP contribution in [0.5, 0.6) is 0 Å². The van der Waals surface area contributed by atoms with E-state index in [1.165, 1.54) is 5.06 Å². The monoisotopic (exact) mass is 439 g/mol. The molecule has 5 rings (SSSR count). The van der Waals surface area contributed by atoms with Crippen LogP contribution >= 0.6 is 0 Å². The van der Waals surface area contributed by atoms with Crippen LogP contribution in [0.25, 0.3) is 16.8 Å². The fourth-order valence-corrected chi connectivity index (χ4v) is 3.93. The van der Waals surface area contributed by atoms with Crippen molar-refractivity contribution in [2.24, 2.45) is 0 Å². The van der Waals surface area contributed by atoms with Crippen LogP contribution < -0.4 is 11.1 Å². The first-order valence-corrected chi connectivity index (χ1v) is 10.5. The number of aromatic nitrogens is 3. The zero-order valence-corrected chi connectivity index (χ0v) is 17.9. The van der Waals surface area contributed by atoms with E-state index in [9.17, 15) is 4.79 Å². The third-order valence-corrected chi connectivity index (χ3v) is 5.69. The van der Waals surface area contributed by atoms with Gasteiger partial charge < -0.3 is 11.1 Å². The Bertz CT molecular complexity index is 1390. The highest BCUT2D eigenvalue weighted by molar-refractivity contribution is 5.91. The predicted molar refractivity (Wildman–Crippen MR) is 123 cm³/mol. The lowest BCUT2D eigenvalue weighted by atomic mass is 10.0. The van der Waals surface area contributed by atoms with Crippen molar-refractivity contribution in [3.63, 3.8) is 0 Å². The second kappa shape index (κ2) is 8.26. The first kappa shape index (κ1) is 20.5. The number of carbonyl (C=O) groups is 1. The normalized spacial score (nSPS) is 15.5. The van der Waals surface area contributed by atoms with E-state index in [4.69, 9.17) is 15.8 Å². The number of hydroxylamine groups is 2. The number of amides is 2. The Morgan fingerprint density at radius 1 is 1.18 bits per heavy atom. The van der Waals surface area contributed by atoms with Crippen LogP contribution in [0.3, 0.4) is 0 Å². The molecule has 0 saturated carbocycles. The van der Waals surface area contributed by atoms with E-state index < -0.39 is 0 Å². The van der Waals surface area contributed by atoms with Crippen LogP contribution in [0.4, 0.5) is 16.4 Å². The molecule has 3 N–H and O–H groups in total. The van der Waals surface area contributed by atoms with Crippen molar-refractivity contribution in [2.45, 2.75) is 19.4 Å². The van der Waals surface area contributed by atoms with Gasteiger partial charge >= 0.3 is 6.03 Å². The van der Waals surface area contributed by atoms with Gasteiger partial charge in [0.2, 0.25) is 5.95 Å². The number of urea groups is 1. The molecule has 9 heteroatoms. The standard InChI is InChI=1S/C24H21N7O2/c1-15-2-5-18(19-8-9-22-28-23(26)29-30(22)14-19)12-20(15)27-24(32)31-21(10-11-33-31)17-6-3-16(13-25)4-7-17/h2-9,12,14,21H,10-11H2,1H3,(H2,26,29)(H,27,32)/t21-/m0/s1. The van der Waals surface area contributed by atoms with Crippen molar-refractivity contribution in [3.05, 3.63) is 77.5 Å². The number of pyridine rings is 1. The molecule has 0 aliphatic carbocycles. The highest BCUT2D eigenvalue weighted by atomic mass is 16.7. The molecule has 3 heterocycles. The topological polar surface area (TPSA) is 122 Å². The Kier molecular flexibility index (Phi) is 5.12. The minimum atomic E-state index is -0.346. The van der Waals surface area contributed by atoms with Gasteiger partial charge in [-0.3, -0.25) is 4.84 Å². The summed E-state index contributed by atoms with van der Waals surface area (Å²) in [5.41, 5.74) is 11.3. The van der Waals surface area contributed by atoms with E-state index >= 15 is 0 Å². The Balaban J connectivity index is 1.38. The third kappa shape index (κ3) is 3.95. The molecule has 1 aliphatic heterocycles. The summed E-state index contributed by atoms with van der Waals surface area (Å²) in [6, 6.07) is 18.4. The number of aryl methyl sites for hydroxylation is 1. The lowest BCUT2D eigenvalue weighted by Crippen LogP contribution is -2.33. The lowest BCUT2D eigenvalue weighted by Gasteiger charge is -2.23. The number of hydrogen-bond acceptors (Lipinski definition) is 6. The molecule has 1 saturated heterocycles. The van der Waals surface area contributed by atoms with Gasteiger partial charge in [-0.1, -0.05) is 24.3 Å². The van der Waals surface area contributed by atoms with Gasteiger partial charge in [-0.15, -0.1) is 5.10 Å². The number of nitrogen functional groups attached to an aromatic ring is 1. The summed E-state index contributed by atoms with van der Waals surface area (Å²) in [5.74, 6) is 0.214. The smallest absolute Gasteiger partial charge is 0.346 e. The van der Waals surface area contributed by atoms with Crippen molar-refractivity contribution in [1.29, 1.82) is 5.26 Å². The number of nitriles is 1. The fraction of sp³-hybridized carbons (Fsp3) is 0.167. The zero-order chi connectivity index (χ0) is 22.9. The van der Waals surface area contributed by atoms with E-state index in [0.29, 0.717) is 29.9 Å². The number of nitrogens with one attached hydrogen (secondary N) is 1. The average Bonchev–Trinajstić information content (AvgIpc) is 3.46. The Labute approximate surface area is 190 Å². The van der Waals surface area contributed by atoms with Crippen molar-refractivity contribution in [1.82, 2.24) is 19.7 Å². The number of carbonyl (C=O) groups excluding carboxylic acids is 1. The van der Waals surface area contributed by atoms with E-state index in [1.807, 2.05) is 55.6 Å². The molecule has 0 bridgehead atoms. The molecule has 0 radical (unpaired) electrons. The molecule has 1 fully saturated rings. The van der Waals surface area contributed by atoms with Crippen LogP contribution in [0.15, 0.2) is 60.8 Å². The largest absolute Gasteiger partial charge is 0.366 e. The van der Waals surface area contributed by atoms with Crippen LogP contribution in [0, 0.1) is 18.3 Å². The Morgan fingerprint density at radius 3 is 2.76 bits per heavy atom. The maximum atomic E-state index is 13.1. The zero-order valence-electron chi connectivity index (χ0n) is 17.9. The second-order valence-corrected chi connectivity index (χ2v) is 7.85. The van der Waals surface area contributed by atoms with Gasteiger partial charge in [0, 0.05) is 23.9 Å². The molecule has 0 spiro atoms. The van der Waals surface area contributed by atoms with Gasteiger partial charge in [-0.25, -0.2) is 9.31 Å². The van der Waals surface area contributed by atoms with Gasteiger partial charge in [0.15, 0.2) is 5.65 Å². The van der Waals surface area contributed by atoms with Gasteiger partial charge in [-0.05, 0) is 53.9 Å². The maximum Gasteiger partial charge on any atom is 0.346 e. The summed E-state index contributed by atoms with van der Waals surface area (Å²) < 4.78 is 1.63. The molecule has 4 aromatic rings. The SMILES string of the molecule is Cc1ccc(-c2ccc3nc(N)nn3c2)cc1NC(=O)N1OCC[C@H]1c1ccc(C#N)cc1. The Morgan fingerprint density at radius 2 is 1.97 bits per heavy atom. The highest BCUT2D eigenvalue weighted by Gasteiger charge is 2.32. The van der Waals surface area contributed by atoms with Gasteiger partial charge in [0.1, 0.15) is 0 Å². The summed E-state index contributed by atoms with van der Waals surface area (Å²) in [7, 11) is 0. The first-order valence-electron chi connectivity index (χ1n) is 10.5. The molecule has 2 amide bonds. The van der Waals surface area contributed by atoms with Gasteiger partial charge in [-0.2, -0.15) is 15.3 Å². The summed E-state index contributed by atoms with van der Waals surface area (Å²) in [6.07, 6.45) is 2.53. The summed E-state index contributed by atoms with van der Waals surface area (Å²) in [5, 5.41) is 17.5. The molecule has 164 valence electrons. The highest BCUT2D eigenvalue weighted by Crippen LogP contribution is 2.32. The fourth-order valence-electron chi connectivity index (χ4n) is 3.93. The van der Waals surface area contributed by atoms with Gasteiger partial charge in [0.05, 0.1) is 24.3 Å². The first-order chi connectivity index (χ1) is 16.0. The molecule has 1 atom stereocenters. The number of nitrogens with zero attached hydrogens (tertiary/aromatic N) is 5. The minimum Gasteiger partial charge on any atom is -0.366 e. The molecular weight excluding hydrogens is 418 g/mol. The number of anilines is 2. The van der Waals surface area contributed by atoms with Crippen LogP contribution in [-0.4, -0.2) is 32.3 Å². The number of rotatable bonds is 3. The molecule has 33 heavy (non-hydrogen) atoms. The van der Waals surface area contributed by atoms with Gasteiger partial charge in [0.25, 0.3) is 0 Å². The van der Waals surface area contributed by atoms with Crippen LogP contribution in [-0.2, 0) is 4.84 Å². The quantitative estimate of drug-likeness (QED) is 0.496. The van der Waals surface area contributed by atoms with Crippen LogP contribution in [0.1, 0.15) is 29.2 Å². The minimum absolute atomic E-state index is 0.214. The van der Waals surface area contributed by atoms with E-state index in [-0.39, 0.29) is 18.0 Å². The summed E-state index contributed by atoms with van der Waals surface area (Å²) in [6.45, 7) is 2.38. The molecule has 1 aliphatic rings. The van der Waals surface area contributed by atoms with E-state index in [0.717, 1.165) is 22.3 Å². The summed E-state index contributed by atoms with van der Waals surface area (Å²) >= 11 is 0. The number of hydrogen-bond donors (Lipinski definition) is 2. The predicted octanol–water partition coefficient (Wildman–Crippen LogP) is 4.07. The third-order valence-electron chi connectivity index (χ3n) is 5.69. The molecule has 2 aromatic carbocycles.